The number of anilines is 2. The zero-order valence-corrected chi connectivity index (χ0v) is 12.2. The van der Waals surface area contributed by atoms with E-state index in [1.165, 1.54) is 4.68 Å². The van der Waals surface area contributed by atoms with E-state index in [-0.39, 0.29) is 11.7 Å². The normalized spacial score (nSPS) is 11.7. The van der Waals surface area contributed by atoms with Gasteiger partial charge in [-0.2, -0.15) is 5.10 Å². The lowest BCUT2D eigenvalue weighted by atomic mass is 10.2. The summed E-state index contributed by atoms with van der Waals surface area (Å²) in [7, 11) is 0. The Morgan fingerprint density at radius 1 is 1.38 bits per heavy atom. The smallest absolute Gasteiger partial charge is 0.249 e. The van der Waals surface area contributed by atoms with Crippen LogP contribution >= 0.6 is 0 Å². The maximum Gasteiger partial charge on any atom is 0.249 e. The molecule has 21 heavy (non-hydrogen) atoms. The highest BCUT2D eigenvalue weighted by Crippen LogP contribution is 2.28. The van der Waals surface area contributed by atoms with Crippen LogP contribution in [0.15, 0.2) is 24.3 Å². The molecule has 0 bridgehead atoms. The number of hydrogen-bond donors (Lipinski definition) is 2. The van der Waals surface area contributed by atoms with E-state index in [9.17, 15) is 4.79 Å². The third kappa shape index (κ3) is 2.87. The molecule has 6 nitrogen and oxygen atoms in total. The number of carbonyl (C=O) groups is 1. The van der Waals surface area contributed by atoms with E-state index >= 15 is 0 Å². The van der Waals surface area contributed by atoms with Gasteiger partial charge in [0.2, 0.25) is 11.6 Å². The Hall–Kier alpha value is -2.81. The van der Waals surface area contributed by atoms with Gasteiger partial charge < -0.3 is 11.1 Å². The first-order chi connectivity index (χ1) is 9.93. The molecule has 0 fully saturated rings. The van der Waals surface area contributed by atoms with Gasteiger partial charge in [-0.1, -0.05) is 17.7 Å². The van der Waals surface area contributed by atoms with Crippen molar-refractivity contribution < 1.29 is 4.79 Å². The quantitative estimate of drug-likeness (QED) is 0.850. The van der Waals surface area contributed by atoms with Gasteiger partial charge in [0.25, 0.3) is 0 Å². The highest BCUT2D eigenvalue weighted by molar-refractivity contribution is 5.93. The Kier molecular flexibility index (Phi) is 3.94. The number of nitrogen functional groups attached to an aromatic ring is 1. The molecule has 1 amide bonds. The maximum absolute atomic E-state index is 12.3. The highest BCUT2D eigenvalue weighted by Gasteiger charge is 2.21. The van der Waals surface area contributed by atoms with Crippen LogP contribution in [0.3, 0.4) is 0 Å². The third-order valence-electron chi connectivity index (χ3n) is 3.27. The lowest BCUT2D eigenvalue weighted by Crippen LogP contribution is -2.25. The number of carbonyl (C=O) groups excluding carboxylic acids is 1. The van der Waals surface area contributed by atoms with Crippen molar-refractivity contribution in [2.24, 2.45) is 0 Å². The molecule has 0 saturated heterocycles. The molecule has 1 aromatic heterocycles. The molecule has 0 aliphatic rings. The standard InChI is InChI=1S/C15H17N5O/c1-9-5-7-12(8-6-9)18-15(21)11(3)20-14(16)13(17-4)10(2)19-20/h5-8,11H,16H2,1-3H3,(H,18,21). The Morgan fingerprint density at radius 2 is 2.00 bits per heavy atom. The summed E-state index contributed by atoms with van der Waals surface area (Å²) in [6, 6.07) is 6.92. The topological polar surface area (TPSA) is 77.3 Å². The van der Waals surface area contributed by atoms with E-state index in [4.69, 9.17) is 12.3 Å². The van der Waals surface area contributed by atoms with Gasteiger partial charge in [0.15, 0.2) is 0 Å². The van der Waals surface area contributed by atoms with Crippen molar-refractivity contribution in [2.75, 3.05) is 11.1 Å². The number of aromatic nitrogens is 2. The number of rotatable bonds is 3. The van der Waals surface area contributed by atoms with Crippen LogP contribution in [0.5, 0.6) is 0 Å². The van der Waals surface area contributed by atoms with Crippen molar-refractivity contribution in [1.29, 1.82) is 0 Å². The largest absolute Gasteiger partial charge is 0.393 e. The first-order valence-electron chi connectivity index (χ1n) is 6.53. The lowest BCUT2D eigenvalue weighted by Gasteiger charge is -2.14. The highest BCUT2D eigenvalue weighted by atomic mass is 16.2. The van der Waals surface area contributed by atoms with Crippen LogP contribution in [0.4, 0.5) is 17.2 Å². The first-order valence-corrected chi connectivity index (χ1v) is 6.53. The molecule has 1 heterocycles. The number of benzene rings is 1. The molecule has 0 spiro atoms. The fourth-order valence-corrected chi connectivity index (χ4v) is 1.98. The Bertz CT molecular complexity index is 709. The Labute approximate surface area is 123 Å². The average Bonchev–Trinajstić information content (AvgIpc) is 2.75. The molecule has 2 rings (SSSR count). The van der Waals surface area contributed by atoms with E-state index in [2.05, 4.69) is 15.3 Å². The molecule has 0 aliphatic carbocycles. The number of nitrogens with two attached hydrogens (primary N) is 1. The van der Waals surface area contributed by atoms with Crippen molar-refractivity contribution in [2.45, 2.75) is 26.8 Å². The predicted octanol–water partition coefficient (Wildman–Crippen LogP) is 2.83. The number of nitrogens with one attached hydrogen (secondary N) is 1. The van der Waals surface area contributed by atoms with Crippen molar-refractivity contribution >= 4 is 23.1 Å². The van der Waals surface area contributed by atoms with Crippen molar-refractivity contribution in [1.82, 2.24) is 9.78 Å². The van der Waals surface area contributed by atoms with Gasteiger partial charge in [-0.3, -0.25) is 4.79 Å². The first kappa shape index (κ1) is 14.6. The minimum absolute atomic E-state index is 0.217. The summed E-state index contributed by atoms with van der Waals surface area (Å²) < 4.78 is 1.38. The van der Waals surface area contributed by atoms with Gasteiger partial charge >= 0.3 is 0 Å². The molecule has 2 aromatic rings. The maximum atomic E-state index is 12.3. The van der Waals surface area contributed by atoms with Crippen LogP contribution in [0.2, 0.25) is 0 Å². The van der Waals surface area contributed by atoms with E-state index in [0.717, 1.165) is 5.56 Å². The molecule has 0 saturated carbocycles. The van der Waals surface area contributed by atoms with E-state index in [1.54, 1.807) is 13.8 Å². The molecule has 1 aromatic carbocycles. The molecule has 108 valence electrons. The van der Waals surface area contributed by atoms with Crippen LogP contribution in [-0.4, -0.2) is 15.7 Å². The zero-order chi connectivity index (χ0) is 15.6. The molecule has 6 heteroatoms. The van der Waals surface area contributed by atoms with Crippen LogP contribution in [-0.2, 0) is 4.79 Å². The van der Waals surface area contributed by atoms with Crippen LogP contribution in [0.25, 0.3) is 4.85 Å². The van der Waals surface area contributed by atoms with Gasteiger partial charge in [0, 0.05) is 5.69 Å². The SMILES string of the molecule is [C-]#[N+]c1c(C)nn(C(C)C(=O)Nc2ccc(C)cc2)c1N. The molecule has 1 unspecified atom stereocenters. The van der Waals surface area contributed by atoms with Crippen LogP contribution in [0.1, 0.15) is 24.2 Å². The predicted molar refractivity (Wildman–Crippen MR) is 82.2 cm³/mol. The minimum Gasteiger partial charge on any atom is -0.393 e. The van der Waals surface area contributed by atoms with Crippen molar-refractivity contribution in [3.8, 4) is 0 Å². The summed E-state index contributed by atoms with van der Waals surface area (Å²) in [6.45, 7) is 12.5. The minimum atomic E-state index is -0.597. The van der Waals surface area contributed by atoms with Gasteiger partial charge in [-0.25, -0.2) is 9.53 Å². The number of amides is 1. The molecule has 3 N–H and O–H groups in total. The molecule has 1 atom stereocenters. The summed E-state index contributed by atoms with van der Waals surface area (Å²) in [6.07, 6.45) is 0. The van der Waals surface area contributed by atoms with Gasteiger partial charge in [0.1, 0.15) is 11.9 Å². The number of aryl methyl sites for hydroxylation is 2. The van der Waals surface area contributed by atoms with E-state index in [0.29, 0.717) is 17.1 Å². The number of hydrogen-bond acceptors (Lipinski definition) is 3. The fraction of sp³-hybridized carbons (Fsp3) is 0.267. The monoisotopic (exact) mass is 283 g/mol. The Balaban J connectivity index is 2.20. The molecular formula is C15H17N5O. The van der Waals surface area contributed by atoms with E-state index < -0.39 is 6.04 Å². The third-order valence-corrected chi connectivity index (χ3v) is 3.27. The van der Waals surface area contributed by atoms with Crippen LogP contribution in [0, 0.1) is 20.4 Å². The van der Waals surface area contributed by atoms with Crippen LogP contribution < -0.4 is 11.1 Å². The summed E-state index contributed by atoms with van der Waals surface area (Å²) in [5.74, 6) is -0.0151. The Morgan fingerprint density at radius 3 is 2.52 bits per heavy atom. The fourth-order valence-electron chi connectivity index (χ4n) is 1.98. The summed E-state index contributed by atoms with van der Waals surface area (Å²) in [5, 5.41) is 6.98. The van der Waals surface area contributed by atoms with Gasteiger partial charge in [-0.15, -0.1) is 0 Å². The number of nitrogens with zero attached hydrogens (tertiary/aromatic N) is 3. The lowest BCUT2D eigenvalue weighted by molar-refractivity contribution is -0.119. The molecule has 0 aliphatic heterocycles. The second-order valence-corrected chi connectivity index (χ2v) is 4.91. The molecular weight excluding hydrogens is 266 g/mol. The zero-order valence-electron chi connectivity index (χ0n) is 12.2. The van der Waals surface area contributed by atoms with Crippen molar-refractivity contribution in [3.63, 3.8) is 0 Å². The van der Waals surface area contributed by atoms with Crippen molar-refractivity contribution in [3.05, 3.63) is 46.9 Å². The average molecular weight is 283 g/mol. The van der Waals surface area contributed by atoms with Gasteiger partial charge in [0.05, 0.1) is 12.3 Å². The second kappa shape index (κ2) is 5.67. The summed E-state index contributed by atoms with van der Waals surface area (Å²) in [5.41, 5.74) is 8.53. The molecule has 0 radical (unpaired) electrons. The second-order valence-electron chi connectivity index (χ2n) is 4.91. The summed E-state index contributed by atoms with van der Waals surface area (Å²) >= 11 is 0. The summed E-state index contributed by atoms with van der Waals surface area (Å²) in [4.78, 5) is 15.6. The van der Waals surface area contributed by atoms with E-state index in [1.807, 2.05) is 31.2 Å². The van der Waals surface area contributed by atoms with Gasteiger partial charge in [-0.05, 0) is 32.9 Å².